The SMILES string of the molecule is CC(C)(C)c1ccc(C(=O)NNC(=O)CCCOc2ccccc2)cc1. The summed E-state index contributed by atoms with van der Waals surface area (Å²) < 4.78 is 5.52. The average Bonchev–Trinajstić information content (AvgIpc) is 2.63. The van der Waals surface area contributed by atoms with Gasteiger partial charge in [-0.1, -0.05) is 51.1 Å². The maximum atomic E-state index is 12.1. The maximum Gasteiger partial charge on any atom is 0.269 e. The van der Waals surface area contributed by atoms with Crippen molar-refractivity contribution < 1.29 is 14.3 Å². The van der Waals surface area contributed by atoms with E-state index in [0.717, 1.165) is 11.3 Å². The van der Waals surface area contributed by atoms with E-state index in [-0.39, 0.29) is 23.7 Å². The Labute approximate surface area is 154 Å². The Kier molecular flexibility index (Phi) is 6.78. The third-order valence-corrected chi connectivity index (χ3v) is 3.89. The lowest BCUT2D eigenvalue weighted by molar-refractivity contribution is -0.122. The van der Waals surface area contributed by atoms with Crippen LogP contribution in [0.4, 0.5) is 0 Å². The van der Waals surface area contributed by atoms with Gasteiger partial charge in [0, 0.05) is 12.0 Å². The van der Waals surface area contributed by atoms with Crippen LogP contribution in [-0.2, 0) is 10.2 Å². The van der Waals surface area contributed by atoms with Crippen molar-refractivity contribution in [3.63, 3.8) is 0 Å². The summed E-state index contributed by atoms with van der Waals surface area (Å²) >= 11 is 0. The highest BCUT2D eigenvalue weighted by atomic mass is 16.5. The number of amides is 2. The van der Waals surface area contributed by atoms with Gasteiger partial charge in [0.05, 0.1) is 6.61 Å². The minimum absolute atomic E-state index is 0.0328. The van der Waals surface area contributed by atoms with Crippen molar-refractivity contribution in [3.05, 3.63) is 65.7 Å². The fraction of sp³-hybridized carbons (Fsp3) is 0.333. The highest BCUT2D eigenvalue weighted by Gasteiger charge is 2.14. The highest BCUT2D eigenvalue weighted by Crippen LogP contribution is 2.22. The Hall–Kier alpha value is -2.82. The quantitative estimate of drug-likeness (QED) is 0.615. The molecule has 0 aliphatic heterocycles. The fourth-order valence-corrected chi connectivity index (χ4v) is 2.32. The third kappa shape index (κ3) is 6.24. The van der Waals surface area contributed by atoms with E-state index in [1.165, 1.54) is 0 Å². The molecular weight excluding hydrogens is 328 g/mol. The summed E-state index contributed by atoms with van der Waals surface area (Å²) in [6, 6.07) is 16.8. The predicted molar refractivity (Wildman–Crippen MR) is 102 cm³/mol. The number of nitrogens with one attached hydrogen (secondary N) is 2. The molecule has 2 amide bonds. The van der Waals surface area contributed by atoms with Crippen molar-refractivity contribution in [2.75, 3.05) is 6.61 Å². The minimum Gasteiger partial charge on any atom is -0.494 e. The zero-order chi connectivity index (χ0) is 19.0. The molecule has 0 spiro atoms. The molecule has 0 fully saturated rings. The molecule has 2 N–H and O–H groups in total. The smallest absolute Gasteiger partial charge is 0.269 e. The standard InChI is InChI=1S/C21H26N2O3/c1-21(2,3)17-13-11-16(12-14-17)20(25)23-22-19(24)10-7-15-26-18-8-5-4-6-9-18/h4-6,8-9,11-14H,7,10,15H2,1-3H3,(H,22,24)(H,23,25). The third-order valence-electron chi connectivity index (χ3n) is 3.89. The highest BCUT2D eigenvalue weighted by molar-refractivity contribution is 5.95. The van der Waals surface area contributed by atoms with Crippen LogP contribution in [-0.4, -0.2) is 18.4 Å². The number of carbonyl (C=O) groups excluding carboxylic acids is 2. The van der Waals surface area contributed by atoms with E-state index in [1.807, 2.05) is 42.5 Å². The van der Waals surface area contributed by atoms with Gasteiger partial charge >= 0.3 is 0 Å². The van der Waals surface area contributed by atoms with Crippen molar-refractivity contribution in [2.24, 2.45) is 0 Å². The first-order valence-corrected chi connectivity index (χ1v) is 8.74. The molecule has 0 saturated carbocycles. The van der Waals surface area contributed by atoms with Gasteiger partial charge in [-0.25, -0.2) is 0 Å². The van der Waals surface area contributed by atoms with Crippen LogP contribution in [0.25, 0.3) is 0 Å². The Bertz CT molecular complexity index is 719. The second kappa shape index (κ2) is 9.04. The van der Waals surface area contributed by atoms with E-state index in [4.69, 9.17) is 4.74 Å². The molecule has 0 heterocycles. The van der Waals surface area contributed by atoms with E-state index in [1.54, 1.807) is 12.1 Å². The molecule has 2 aromatic rings. The molecule has 26 heavy (non-hydrogen) atoms. The summed E-state index contributed by atoms with van der Waals surface area (Å²) in [5.74, 6) is 0.195. The molecule has 0 aliphatic rings. The molecule has 138 valence electrons. The summed E-state index contributed by atoms with van der Waals surface area (Å²) in [6.07, 6.45) is 0.840. The van der Waals surface area contributed by atoms with Crippen LogP contribution in [0, 0.1) is 0 Å². The Morgan fingerprint density at radius 2 is 1.58 bits per heavy atom. The Morgan fingerprint density at radius 1 is 0.923 bits per heavy atom. The zero-order valence-electron chi connectivity index (χ0n) is 15.5. The Morgan fingerprint density at radius 3 is 2.19 bits per heavy atom. The molecule has 2 aromatic carbocycles. The number of rotatable bonds is 6. The van der Waals surface area contributed by atoms with Crippen molar-refractivity contribution in [3.8, 4) is 5.75 Å². The van der Waals surface area contributed by atoms with Crippen molar-refractivity contribution >= 4 is 11.8 Å². The maximum absolute atomic E-state index is 12.1. The number of hydrogen-bond donors (Lipinski definition) is 2. The second-order valence-electron chi connectivity index (χ2n) is 7.09. The molecule has 5 heteroatoms. The lowest BCUT2D eigenvalue weighted by Gasteiger charge is -2.19. The molecule has 0 aromatic heterocycles. The van der Waals surface area contributed by atoms with E-state index >= 15 is 0 Å². The number of para-hydroxylation sites is 1. The first kappa shape index (κ1) is 19.5. The van der Waals surface area contributed by atoms with Gasteiger partial charge in [-0.2, -0.15) is 0 Å². The molecule has 0 aliphatic carbocycles. The topological polar surface area (TPSA) is 67.4 Å². The molecule has 0 unspecified atom stereocenters. The van der Waals surface area contributed by atoms with Crippen LogP contribution < -0.4 is 15.6 Å². The summed E-state index contributed by atoms with van der Waals surface area (Å²) in [7, 11) is 0. The first-order chi connectivity index (χ1) is 12.4. The van der Waals surface area contributed by atoms with Gasteiger partial charge in [0.2, 0.25) is 5.91 Å². The van der Waals surface area contributed by atoms with Gasteiger partial charge < -0.3 is 4.74 Å². The molecule has 0 saturated heterocycles. The number of ether oxygens (including phenoxy) is 1. The normalized spacial score (nSPS) is 10.9. The molecule has 5 nitrogen and oxygen atoms in total. The minimum atomic E-state index is -0.334. The van der Waals surface area contributed by atoms with E-state index in [0.29, 0.717) is 18.6 Å². The number of benzene rings is 2. The van der Waals surface area contributed by atoms with Crippen molar-refractivity contribution in [1.82, 2.24) is 10.9 Å². The van der Waals surface area contributed by atoms with Gasteiger partial charge in [-0.05, 0) is 41.7 Å². The average molecular weight is 354 g/mol. The van der Waals surface area contributed by atoms with Crippen LogP contribution in [0.15, 0.2) is 54.6 Å². The van der Waals surface area contributed by atoms with Crippen LogP contribution >= 0.6 is 0 Å². The van der Waals surface area contributed by atoms with Gasteiger partial charge in [0.25, 0.3) is 5.91 Å². The van der Waals surface area contributed by atoms with Crippen molar-refractivity contribution in [2.45, 2.75) is 39.0 Å². The molecule has 0 bridgehead atoms. The largest absolute Gasteiger partial charge is 0.494 e. The van der Waals surface area contributed by atoms with Gasteiger partial charge in [-0.3, -0.25) is 20.4 Å². The van der Waals surface area contributed by atoms with Crippen LogP contribution in [0.5, 0.6) is 5.75 Å². The fourth-order valence-electron chi connectivity index (χ4n) is 2.32. The van der Waals surface area contributed by atoms with Crippen LogP contribution in [0.1, 0.15) is 49.5 Å². The monoisotopic (exact) mass is 354 g/mol. The van der Waals surface area contributed by atoms with E-state index in [9.17, 15) is 9.59 Å². The van der Waals surface area contributed by atoms with E-state index < -0.39 is 0 Å². The van der Waals surface area contributed by atoms with Crippen LogP contribution in [0.3, 0.4) is 0 Å². The molecule has 0 atom stereocenters. The molecule has 0 radical (unpaired) electrons. The van der Waals surface area contributed by atoms with Gasteiger partial charge in [0.1, 0.15) is 5.75 Å². The molecule has 2 rings (SSSR count). The lowest BCUT2D eigenvalue weighted by atomic mass is 9.87. The van der Waals surface area contributed by atoms with Gasteiger partial charge in [0.15, 0.2) is 0 Å². The number of carbonyl (C=O) groups is 2. The first-order valence-electron chi connectivity index (χ1n) is 8.74. The second-order valence-corrected chi connectivity index (χ2v) is 7.09. The Balaban J connectivity index is 1.69. The summed E-state index contributed by atoms with van der Waals surface area (Å²) in [5, 5.41) is 0. The predicted octanol–water partition coefficient (Wildman–Crippen LogP) is 3.60. The van der Waals surface area contributed by atoms with Crippen LogP contribution in [0.2, 0.25) is 0 Å². The lowest BCUT2D eigenvalue weighted by Crippen LogP contribution is -2.41. The van der Waals surface area contributed by atoms with E-state index in [2.05, 4.69) is 31.6 Å². The van der Waals surface area contributed by atoms with Crippen molar-refractivity contribution in [1.29, 1.82) is 0 Å². The zero-order valence-corrected chi connectivity index (χ0v) is 15.5. The molecular formula is C21H26N2O3. The summed E-state index contributed by atoms with van der Waals surface area (Å²) in [4.78, 5) is 23.9. The summed E-state index contributed by atoms with van der Waals surface area (Å²) in [6.45, 7) is 6.79. The summed E-state index contributed by atoms with van der Waals surface area (Å²) in [5.41, 5.74) is 6.55. The number of hydrazine groups is 1. The van der Waals surface area contributed by atoms with Gasteiger partial charge in [-0.15, -0.1) is 0 Å². The number of hydrogen-bond acceptors (Lipinski definition) is 3.